The number of hydrogen-bond acceptors (Lipinski definition) is 4. The second kappa shape index (κ2) is 7.79. The molecule has 1 aliphatic heterocycles. The first-order valence-corrected chi connectivity index (χ1v) is 9.75. The predicted octanol–water partition coefficient (Wildman–Crippen LogP) is 1.49. The first-order valence-electron chi connectivity index (χ1n) is 7.86. The van der Waals surface area contributed by atoms with Crippen LogP contribution in [0.15, 0.2) is 24.3 Å². The van der Waals surface area contributed by atoms with Crippen LogP contribution in [0.4, 0.5) is 0 Å². The molecule has 2 rings (SSSR count). The number of sulfonamides is 1. The van der Waals surface area contributed by atoms with Crippen LogP contribution in [0.3, 0.4) is 0 Å². The maximum atomic E-state index is 12.7. The summed E-state index contributed by atoms with van der Waals surface area (Å²) in [6, 6.07) is 7.23. The number of ether oxygens (including phenoxy) is 1. The highest BCUT2D eigenvalue weighted by atomic mass is 32.2. The first kappa shape index (κ1) is 17.7. The van der Waals surface area contributed by atoms with Gasteiger partial charge < -0.3 is 9.64 Å². The molecule has 23 heavy (non-hydrogen) atoms. The number of amides is 1. The number of piperidine rings is 1. The van der Waals surface area contributed by atoms with E-state index >= 15 is 0 Å². The van der Waals surface area contributed by atoms with Crippen molar-refractivity contribution in [2.45, 2.75) is 19.8 Å². The minimum absolute atomic E-state index is 0.0573. The summed E-state index contributed by atoms with van der Waals surface area (Å²) in [7, 11) is -3.20. The maximum absolute atomic E-state index is 12.7. The molecule has 0 saturated carbocycles. The van der Waals surface area contributed by atoms with E-state index < -0.39 is 10.0 Å². The van der Waals surface area contributed by atoms with Crippen LogP contribution in [-0.4, -0.2) is 51.7 Å². The zero-order valence-corrected chi connectivity index (χ0v) is 14.4. The summed E-state index contributed by atoms with van der Waals surface area (Å²) in [4.78, 5) is 14.5. The highest BCUT2D eigenvalue weighted by Gasteiger charge is 2.26. The summed E-state index contributed by atoms with van der Waals surface area (Å²) >= 11 is 0. The molecule has 0 spiro atoms. The van der Waals surface area contributed by atoms with Crippen LogP contribution in [0, 0.1) is 5.92 Å². The minimum Gasteiger partial charge on any atom is -0.493 e. The Morgan fingerprint density at radius 2 is 2.13 bits per heavy atom. The van der Waals surface area contributed by atoms with Crippen LogP contribution in [0.5, 0.6) is 5.75 Å². The predicted molar refractivity (Wildman–Crippen MR) is 89.1 cm³/mol. The Hall–Kier alpha value is -1.60. The van der Waals surface area contributed by atoms with Crippen LogP contribution < -0.4 is 9.46 Å². The molecule has 1 heterocycles. The van der Waals surface area contributed by atoms with Gasteiger partial charge in [-0.1, -0.05) is 12.1 Å². The van der Waals surface area contributed by atoms with Gasteiger partial charge in [0.2, 0.25) is 10.0 Å². The van der Waals surface area contributed by atoms with Gasteiger partial charge in [0.25, 0.3) is 5.91 Å². The van der Waals surface area contributed by atoms with E-state index in [2.05, 4.69) is 4.72 Å². The fourth-order valence-electron chi connectivity index (χ4n) is 2.78. The zero-order valence-electron chi connectivity index (χ0n) is 13.6. The third-order valence-electron chi connectivity index (χ3n) is 3.86. The summed E-state index contributed by atoms with van der Waals surface area (Å²) in [5, 5.41) is 0. The first-order chi connectivity index (χ1) is 10.9. The zero-order chi connectivity index (χ0) is 16.9. The molecule has 1 N–H and O–H groups in total. The lowest BCUT2D eigenvalue weighted by molar-refractivity contribution is 0.0672. The van der Waals surface area contributed by atoms with Crippen LogP contribution >= 0.6 is 0 Å². The van der Waals surface area contributed by atoms with E-state index in [9.17, 15) is 13.2 Å². The van der Waals surface area contributed by atoms with Crippen molar-refractivity contribution >= 4 is 15.9 Å². The SMILES string of the molecule is CCOc1ccccc1C(=O)N1CCC[C@@H](CNS(C)(=O)=O)C1. The smallest absolute Gasteiger partial charge is 0.257 e. The Morgan fingerprint density at radius 1 is 1.39 bits per heavy atom. The highest BCUT2D eigenvalue weighted by Crippen LogP contribution is 2.23. The molecule has 128 valence electrons. The average molecular weight is 340 g/mol. The second-order valence-electron chi connectivity index (χ2n) is 5.81. The summed E-state index contributed by atoms with van der Waals surface area (Å²) in [5.41, 5.74) is 0.561. The number of hydrogen-bond donors (Lipinski definition) is 1. The van der Waals surface area contributed by atoms with Crippen molar-refractivity contribution in [3.8, 4) is 5.75 Å². The number of benzene rings is 1. The Balaban J connectivity index is 2.05. The van der Waals surface area contributed by atoms with Gasteiger partial charge in [0, 0.05) is 19.6 Å². The van der Waals surface area contributed by atoms with E-state index in [1.807, 2.05) is 19.1 Å². The third-order valence-corrected chi connectivity index (χ3v) is 4.55. The fourth-order valence-corrected chi connectivity index (χ4v) is 3.32. The summed E-state index contributed by atoms with van der Waals surface area (Å²) in [6.07, 6.45) is 2.94. The Morgan fingerprint density at radius 3 is 2.83 bits per heavy atom. The second-order valence-corrected chi connectivity index (χ2v) is 7.64. The van der Waals surface area contributed by atoms with Gasteiger partial charge >= 0.3 is 0 Å². The fraction of sp³-hybridized carbons (Fsp3) is 0.562. The Kier molecular flexibility index (Phi) is 6.01. The Labute approximate surface area is 137 Å². The number of nitrogens with one attached hydrogen (secondary N) is 1. The van der Waals surface area contributed by atoms with Crippen molar-refractivity contribution in [2.24, 2.45) is 5.92 Å². The normalized spacial score (nSPS) is 18.7. The molecule has 7 heteroatoms. The lowest BCUT2D eigenvalue weighted by Crippen LogP contribution is -2.43. The molecule has 1 saturated heterocycles. The summed E-state index contributed by atoms with van der Waals surface area (Å²) in [6.45, 7) is 4.01. The van der Waals surface area contributed by atoms with Gasteiger partial charge in [0.15, 0.2) is 0 Å². The molecule has 1 aromatic carbocycles. The topological polar surface area (TPSA) is 75.7 Å². The molecule has 1 aliphatic rings. The number of carbonyl (C=O) groups excluding carboxylic acids is 1. The molecular weight excluding hydrogens is 316 g/mol. The molecule has 0 unspecified atom stereocenters. The minimum atomic E-state index is -3.20. The Bertz CT molecular complexity index is 645. The number of carbonyl (C=O) groups is 1. The van der Waals surface area contributed by atoms with Gasteiger partial charge in [-0.05, 0) is 37.8 Å². The molecule has 0 bridgehead atoms. The van der Waals surface area contributed by atoms with Gasteiger partial charge in [-0.3, -0.25) is 4.79 Å². The van der Waals surface area contributed by atoms with Crippen molar-refractivity contribution in [2.75, 3.05) is 32.5 Å². The molecular formula is C16H24N2O4S. The van der Waals surface area contributed by atoms with E-state index in [1.165, 1.54) is 0 Å². The van der Waals surface area contributed by atoms with Crippen LogP contribution in [0.25, 0.3) is 0 Å². The van der Waals surface area contributed by atoms with Crippen molar-refractivity contribution in [1.29, 1.82) is 0 Å². The largest absolute Gasteiger partial charge is 0.493 e. The van der Waals surface area contributed by atoms with Gasteiger partial charge in [-0.25, -0.2) is 13.1 Å². The van der Waals surface area contributed by atoms with Gasteiger partial charge in [0.05, 0.1) is 18.4 Å². The lowest BCUT2D eigenvalue weighted by Gasteiger charge is -2.33. The number of likely N-dealkylation sites (tertiary alicyclic amines) is 1. The molecule has 1 fully saturated rings. The van der Waals surface area contributed by atoms with E-state index in [0.29, 0.717) is 37.6 Å². The van der Waals surface area contributed by atoms with E-state index in [-0.39, 0.29) is 11.8 Å². The van der Waals surface area contributed by atoms with Crippen molar-refractivity contribution in [3.63, 3.8) is 0 Å². The number of rotatable bonds is 6. The molecule has 1 atom stereocenters. The monoisotopic (exact) mass is 340 g/mol. The van der Waals surface area contributed by atoms with Crippen molar-refractivity contribution < 1.29 is 17.9 Å². The highest BCUT2D eigenvalue weighted by molar-refractivity contribution is 7.88. The number of nitrogens with zero attached hydrogens (tertiary/aromatic N) is 1. The van der Waals surface area contributed by atoms with Crippen molar-refractivity contribution in [1.82, 2.24) is 9.62 Å². The maximum Gasteiger partial charge on any atom is 0.257 e. The summed E-state index contributed by atoms with van der Waals surface area (Å²) < 4.78 is 30.5. The van der Waals surface area contributed by atoms with Crippen LogP contribution in [0.2, 0.25) is 0 Å². The quantitative estimate of drug-likeness (QED) is 0.851. The van der Waals surface area contributed by atoms with Crippen LogP contribution in [0.1, 0.15) is 30.1 Å². The number of para-hydroxylation sites is 1. The molecule has 0 aliphatic carbocycles. The van der Waals surface area contributed by atoms with Gasteiger partial charge in [0.1, 0.15) is 5.75 Å². The molecule has 1 aromatic rings. The average Bonchev–Trinajstić information content (AvgIpc) is 2.53. The summed E-state index contributed by atoms with van der Waals surface area (Å²) in [5.74, 6) is 0.677. The molecule has 0 aromatic heterocycles. The van der Waals surface area contributed by atoms with Crippen molar-refractivity contribution in [3.05, 3.63) is 29.8 Å². The molecule has 0 radical (unpaired) electrons. The van der Waals surface area contributed by atoms with E-state index in [4.69, 9.17) is 4.74 Å². The standard InChI is InChI=1S/C16H24N2O4S/c1-3-22-15-9-5-4-8-14(15)16(19)18-10-6-7-13(12-18)11-17-23(2,20)21/h4-5,8-9,13,17H,3,6-7,10-12H2,1-2H3/t13-/m0/s1. The molecule has 6 nitrogen and oxygen atoms in total. The van der Waals surface area contributed by atoms with E-state index in [1.54, 1.807) is 17.0 Å². The van der Waals surface area contributed by atoms with Gasteiger partial charge in [-0.15, -0.1) is 0 Å². The van der Waals surface area contributed by atoms with Crippen LogP contribution in [-0.2, 0) is 10.0 Å². The lowest BCUT2D eigenvalue weighted by atomic mass is 9.97. The third kappa shape index (κ3) is 5.21. The molecule has 1 amide bonds. The van der Waals surface area contributed by atoms with Gasteiger partial charge in [-0.2, -0.15) is 0 Å². The van der Waals surface area contributed by atoms with E-state index in [0.717, 1.165) is 19.1 Å².